The van der Waals surface area contributed by atoms with Crippen LogP contribution in [0, 0.1) is 0 Å². The first-order valence-electron chi connectivity index (χ1n) is 5.89. The molecular formula is C10H18N4O2S. The third-order valence-electron chi connectivity index (χ3n) is 3.24. The average Bonchev–Trinajstić information content (AvgIpc) is 2.84. The van der Waals surface area contributed by atoms with E-state index in [1.54, 1.807) is 0 Å². The number of hydrogen-bond donors (Lipinski definition) is 4. The van der Waals surface area contributed by atoms with Gasteiger partial charge in [-0.1, -0.05) is 6.42 Å². The first kappa shape index (κ1) is 12.5. The highest BCUT2D eigenvalue weighted by atomic mass is 32.2. The van der Waals surface area contributed by atoms with Crippen LogP contribution < -0.4 is 21.9 Å². The molecule has 2 aliphatic heterocycles. The van der Waals surface area contributed by atoms with Crippen LogP contribution in [-0.4, -0.2) is 35.0 Å². The molecule has 0 aromatic rings. The Bertz CT molecular complexity index is 313. The predicted molar refractivity (Wildman–Crippen MR) is 66.3 cm³/mol. The van der Waals surface area contributed by atoms with E-state index in [0.29, 0.717) is 11.7 Å². The number of urea groups is 1. The van der Waals surface area contributed by atoms with Crippen molar-refractivity contribution in [2.24, 2.45) is 5.84 Å². The lowest BCUT2D eigenvalue weighted by Crippen LogP contribution is -2.36. The van der Waals surface area contributed by atoms with Crippen LogP contribution in [0.5, 0.6) is 0 Å². The Labute approximate surface area is 104 Å². The Kier molecular flexibility index (Phi) is 4.11. The molecule has 2 fully saturated rings. The molecule has 2 saturated heterocycles. The Hall–Kier alpha value is -0.950. The van der Waals surface area contributed by atoms with Gasteiger partial charge >= 0.3 is 6.03 Å². The molecule has 2 heterocycles. The van der Waals surface area contributed by atoms with Gasteiger partial charge in [0, 0.05) is 17.4 Å². The van der Waals surface area contributed by atoms with E-state index in [1.165, 1.54) is 0 Å². The minimum Gasteiger partial charge on any atom is -0.332 e. The highest BCUT2D eigenvalue weighted by molar-refractivity contribution is 8.00. The predicted octanol–water partition coefficient (Wildman–Crippen LogP) is -0.298. The van der Waals surface area contributed by atoms with Crippen molar-refractivity contribution >= 4 is 23.7 Å². The summed E-state index contributed by atoms with van der Waals surface area (Å²) < 4.78 is 0. The molecule has 0 bridgehead atoms. The molecule has 6 nitrogen and oxygen atoms in total. The van der Waals surface area contributed by atoms with Gasteiger partial charge in [-0.3, -0.25) is 10.2 Å². The van der Waals surface area contributed by atoms with Crippen LogP contribution >= 0.6 is 11.8 Å². The van der Waals surface area contributed by atoms with E-state index in [-0.39, 0.29) is 24.0 Å². The van der Waals surface area contributed by atoms with Crippen LogP contribution in [0.2, 0.25) is 0 Å². The van der Waals surface area contributed by atoms with Crippen molar-refractivity contribution in [2.45, 2.75) is 43.0 Å². The van der Waals surface area contributed by atoms with E-state index < -0.39 is 0 Å². The second-order valence-corrected chi connectivity index (χ2v) is 5.71. The van der Waals surface area contributed by atoms with E-state index in [1.807, 2.05) is 11.8 Å². The fourth-order valence-corrected chi connectivity index (χ4v) is 3.89. The third kappa shape index (κ3) is 3.04. The number of hydrazine groups is 1. The van der Waals surface area contributed by atoms with E-state index >= 15 is 0 Å². The highest BCUT2D eigenvalue weighted by Gasteiger charge is 2.42. The van der Waals surface area contributed by atoms with Gasteiger partial charge in [-0.25, -0.2) is 10.6 Å². The summed E-state index contributed by atoms with van der Waals surface area (Å²) in [4.78, 5) is 22.1. The number of nitrogens with two attached hydrogens (primary N) is 1. The fourth-order valence-electron chi connectivity index (χ4n) is 2.35. The van der Waals surface area contributed by atoms with Crippen LogP contribution in [0.25, 0.3) is 0 Å². The molecule has 7 heteroatoms. The van der Waals surface area contributed by atoms with Gasteiger partial charge in [0.2, 0.25) is 5.91 Å². The maximum Gasteiger partial charge on any atom is 0.315 e. The number of fused-ring (bicyclic) bond motifs is 1. The number of carbonyl (C=O) groups excluding carboxylic acids is 2. The summed E-state index contributed by atoms with van der Waals surface area (Å²) in [5, 5.41) is 6.34. The summed E-state index contributed by atoms with van der Waals surface area (Å²) in [6, 6.07) is 0.494. The lowest BCUT2D eigenvalue weighted by molar-refractivity contribution is -0.121. The van der Waals surface area contributed by atoms with Gasteiger partial charge < -0.3 is 10.6 Å². The molecule has 5 N–H and O–H groups in total. The molecule has 2 rings (SSSR count). The van der Waals surface area contributed by atoms with Crippen molar-refractivity contribution in [1.82, 2.24) is 16.1 Å². The van der Waals surface area contributed by atoms with Crippen LogP contribution in [0.1, 0.15) is 25.7 Å². The number of rotatable bonds is 5. The zero-order valence-electron chi connectivity index (χ0n) is 9.57. The van der Waals surface area contributed by atoms with Gasteiger partial charge in [-0.15, -0.1) is 0 Å². The Balaban J connectivity index is 1.66. The Morgan fingerprint density at radius 3 is 3.06 bits per heavy atom. The van der Waals surface area contributed by atoms with Crippen molar-refractivity contribution in [3.63, 3.8) is 0 Å². The molecule has 0 aromatic carbocycles. The fraction of sp³-hybridized carbons (Fsp3) is 0.800. The zero-order chi connectivity index (χ0) is 12.3. The Morgan fingerprint density at radius 1 is 1.47 bits per heavy atom. The summed E-state index contributed by atoms with van der Waals surface area (Å²) in [5.41, 5.74) is 2.13. The molecule has 0 saturated carbocycles. The number of unbranched alkanes of at least 4 members (excludes halogenated alkanes) is 1. The maximum atomic E-state index is 11.2. The van der Waals surface area contributed by atoms with Gasteiger partial charge in [0.15, 0.2) is 0 Å². The molecule has 2 unspecified atom stereocenters. The lowest BCUT2D eigenvalue weighted by atomic mass is 10.0. The number of carbonyl (C=O) groups is 2. The summed E-state index contributed by atoms with van der Waals surface area (Å²) in [5.74, 6) is 5.87. The van der Waals surface area contributed by atoms with Gasteiger partial charge in [-0.05, 0) is 12.8 Å². The first-order valence-corrected chi connectivity index (χ1v) is 6.93. The number of thioether (sulfide) groups is 1. The molecule has 0 aromatic heterocycles. The van der Waals surface area contributed by atoms with Gasteiger partial charge in [-0.2, -0.15) is 11.8 Å². The Morgan fingerprint density at radius 2 is 2.29 bits per heavy atom. The lowest BCUT2D eigenvalue weighted by Gasteiger charge is -2.16. The van der Waals surface area contributed by atoms with E-state index in [4.69, 9.17) is 5.84 Å². The average molecular weight is 258 g/mol. The molecule has 96 valence electrons. The largest absolute Gasteiger partial charge is 0.332 e. The SMILES string of the molecule is NNC(=O)CCCC[C@@H]1SCC2NC(=O)NC21. The number of hydrogen-bond acceptors (Lipinski definition) is 4. The first-order chi connectivity index (χ1) is 8.20. The van der Waals surface area contributed by atoms with Crippen LogP contribution in [0.4, 0.5) is 4.79 Å². The van der Waals surface area contributed by atoms with Crippen molar-refractivity contribution in [3.8, 4) is 0 Å². The summed E-state index contributed by atoms with van der Waals surface area (Å²) >= 11 is 1.90. The number of amides is 3. The quantitative estimate of drug-likeness (QED) is 0.179. The molecule has 2 aliphatic rings. The molecular weight excluding hydrogens is 240 g/mol. The standard InChI is InChI=1S/C10H18N4O2S/c11-14-8(15)4-2-1-3-7-9-6(5-17-7)12-10(16)13-9/h6-7,9H,1-5,11H2,(H,14,15)(H2,12,13,16)/t6?,7-,9?/m0/s1. The summed E-state index contributed by atoms with van der Waals surface area (Å²) in [6.45, 7) is 0. The van der Waals surface area contributed by atoms with E-state index in [0.717, 1.165) is 25.0 Å². The smallest absolute Gasteiger partial charge is 0.315 e. The van der Waals surface area contributed by atoms with Crippen molar-refractivity contribution in [2.75, 3.05) is 5.75 Å². The third-order valence-corrected chi connectivity index (χ3v) is 4.75. The van der Waals surface area contributed by atoms with Gasteiger partial charge in [0.25, 0.3) is 0 Å². The highest BCUT2D eigenvalue weighted by Crippen LogP contribution is 2.33. The van der Waals surface area contributed by atoms with Crippen LogP contribution in [-0.2, 0) is 4.79 Å². The molecule has 3 amide bonds. The van der Waals surface area contributed by atoms with Gasteiger partial charge in [0.1, 0.15) is 0 Å². The van der Waals surface area contributed by atoms with Crippen LogP contribution in [0.3, 0.4) is 0 Å². The van der Waals surface area contributed by atoms with Crippen LogP contribution in [0.15, 0.2) is 0 Å². The minimum absolute atomic E-state index is 0.0483. The topological polar surface area (TPSA) is 96.2 Å². The van der Waals surface area contributed by atoms with Gasteiger partial charge in [0.05, 0.1) is 12.1 Å². The van der Waals surface area contributed by atoms with Crippen molar-refractivity contribution < 1.29 is 9.59 Å². The minimum atomic E-state index is -0.113. The second-order valence-electron chi connectivity index (χ2n) is 4.44. The second kappa shape index (κ2) is 5.59. The molecule has 17 heavy (non-hydrogen) atoms. The molecule has 0 radical (unpaired) electrons. The van der Waals surface area contributed by atoms with E-state index in [9.17, 15) is 9.59 Å². The summed E-state index contributed by atoms with van der Waals surface area (Å²) in [6.07, 6.45) is 3.35. The monoisotopic (exact) mass is 258 g/mol. The summed E-state index contributed by atoms with van der Waals surface area (Å²) in [7, 11) is 0. The van der Waals surface area contributed by atoms with Crippen molar-refractivity contribution in [3.05, 3.63) is 0 Å². The number of nitrogens with one attached hydrogen (secondary N) is 3. The zero-order valence-corrected chi connectivity index (χ0v) is 10.4. The molecule has 0 aliphatic carbocycles. The van der Waals surface area contributed by atoms with E-state index in [2.05, 4.69) is 16.1 Å². The van der Waals surface area contributed by atoms with Crippen molar-refractivity contribution in [1.29, 1.82) is 0 Å². The molecule has 3 atom stereocenters. The normalized spacial score (nSPS) is 30.6. The maximum absolute atomic E-state index is 11.2. The molecule has 0 spiro atoms.